The average molecular weight is 457 g/mol. The normalized spacial score (nSPS) is 13.5. The number of hydrogen-bond acceptors (Lipinski definition) is 5. The molecule has 0 aliphatic carbocycles. The van der Waals surface area contributed by atoms with Crippen LogP contribution in [0.4, 0.5) is 0 Å². The van der Waals surface area contributed by atoms with Crippen LogP contribution in [0.5, 0.6) is 11.5 Å². The molecule has 4 rings (SSSR count). The second kappa shape index (κ2) is 9.83. The minimum absolute atomic E-state index is 0.206. The zero-order valence-corrected chi connectivity index (χ0v) is 19.9. The van der Waals surface area contributed by atoms with Crippen molar-refractivity contribution in [1.82, 2.24) is 9.80 Å². The molecule has 0 bridgehead atoms. The molecule has 3 aromatic carbocycles. The summed E-state index contributed by atoms with van der Waals surface area (Å²) in [6.45, 7) is 2.70. The molecule has 0 spiro atoms. The number of carbonyl (C=O) groups is 2. The fourth-order valence-electron chi connectivity index (χ4n) is 4.13. The summed E-state index contributed by atoms with van der Waals surface area (Å²) < 4.78 is 10.8. The highest BCUT2D eigenvalue weighted by molar-refractivity contribution is 6.35. The van der Waals surface area contributed by atoms with Crippen molar-refractivity contribution in [3.63, 3.8) is 0 Å². The van der Waals surface area contributed by atoms with Gasteiger partial charge in [-0.05, 0) is 35.7 Å². The van der Waals surface area contributed by atoms with E-state index in [1.807, 2.05) is 73.5 Å². The Morgan fingerprint density at radius 3 is 2.12 bits per heavy atom. The fraction of sp³-hybridized carbons (Fsp3) is 0.214. The second-order valence-electron chi connectivity index (χ2n) is 8.32. The monoisotopic (exact) mass is 456 g/mol. The number of methoxy groups -OCH3 is 2. The van der Waals surface area contributed by atoms with Crippen LogP contribution in [0.15, 0.2) is 78.5 Å². The van der Waals surface area contributed by atoms with Gasteiger partial charge < -0.3 is 14.4 Å². The molecule has 0 saturated carbocycles. The largest absolute Gasteiger partial charge is 0.493 e. The Hall–Kier alpha value is -4.06. The van der Waals surface area contributed by atoms with Crippen molar-refractivity contribution >= 4 is 17.4 Å². The number of nitrogens with zero attached hydrogens (tertiary/aromatic N) is 2. The molecule has 0 N–H and O–H groups in total. The molecule has 0 atom stereocenters. The number of ether oxygens (including phenoxy) is 2. The van der Waals surface area contributed by atoms with Crippen molar-refractivity contribution in [1.29, 1.82) is 0 Å². The van der Waals surface area contributed by atoms with Crippen LogP contribution < -0.4 is 9.47 Å². The average Bonchev–Trinajstić information content (AvgIpc) is 3.10. The smallest absolute Gasteiger partial charge is 0.278 e. The Kier molecular flexibility index (Phi) is 6.68. The number of aryl methyl sites for hydroxylation is 1. The van der Waals surface area contributed by atoms with Crippen LogP contribution in [0.2, 0.25) is 0 Å². The summed E-state index contributed by atoms with van der Waals surface area (Å²) in [5.74, 6) is 0.413. The lowest BCUT2D eigenvalue weighted by molar-refractivity contribution is -0.138. The van der Waals surface area contributed by atoms with Gasteiger partial charge in [-0.1, -0.05) is 66.2 Å². The summed E-state index contributed by atoms with van der Waals surface area (Å²) >= 11 is 0. The molecule has 0 radical (unpaired) electrons. The molecular formula is C28H28N2O4. The van der Waals surface area contributed by atoms with E-state index in [4.69, 9.17) is 9.47 Å². The second-order valence-corrected chi connectivity index (χ2v) is 8.32. The van der Waals surface area contributed by atoms with Crippen molar-refractivity contribution in [3.8, 4) is 11.5 Å². The van der Waals surface area contributed by atoms with Gasteiger partial charge in [-0.25, -0.2) is 0 Å². The maximum Gasteiger partial charge on any atom is 0.278 e. The first-order valence-electron chi connectivity index (χ1n) is 11.1. The molecule has 0 aromatic heterocycles. The summed E-state index contributed by atoms with van der Waals surface area (Å²) in [6, 6.07) is 23.0. The van der Waals surface area contributed by atoms with E-state index in [2.05, 4.69) is 0 Å². The molecule has 34 heavy (non-hydrogen) atoms. The molecule has 6 nitrogen and oxygen atoms in total. The van der Waals surface area contributed by atoms with Crippen molar-refractivity contribution in [2.45, 2.75) is 20.0 Å². The van der Waals surface area contributed by atoms with Gasteiger partial charge in [0.25, 0.3) is 11.8 Å². The number of benzene rings is 3. The lowest BCUT2D eigenvalue weighted by atomic mass is 10.0. The van der Waals surface area contributed by atoms with E-state index in [9.17, 15) is 9.59 Å². The molecule has 0 saturated heterocycles. The number of rotatable bonds is 8. The van der Waals surface area contributed by atoms with Gasteiger partial charge in [-0.15, -0.1) is 0 Å². The van der Waals surface area contributed by atoms with Gasteiger partial charge in [0.15, 0.2) is 11.5 Å². The van der Waals surface area contributed by atoms with Crippen molar-refractivity contribution in [2.24, 2.45) is 0 Å². The number of hydrogen-bond donors (Lipinski definition) is 0. The lowest BCUT2D eigenvalue weighted by Gasteiger charge is -2.22. The van der Waals surface area contributed by atoms with E-state index in [1.54, 1.807) is 32.4 Å². The molecule has 6 heteroatoms. The fourth-order valence-corrected chi connectivity index (χ4v) is 4.13. The molecule has 0 fully saturated rings. The number of carbonyl (C=O) groups excluding carboxylic acids is 2. The summed E-state index contributed by atoms with van der Waals surface area (Å²) in [5, 5.41) is 0. The minimum atomic E-state index is -0.326. The van der Waals surface area contributed by atoms with Gasteiger partial charge in [-0.2, -0.15) is 0 Å². The van der Waals surface area contributed by atoms with E-state index in [-0.39, 0.29) is 18.4 Å². The highest BCUT2D eigenvalue weighted by Gasteiger charge is 2.41. The highest BCUT2D eigenvalue weighted by atomic mass is 16.5. The molecule has 3 aromatic rings. The first-order valence-corrected chi connectivity index (χ1v) is 11.1. The van der Waals surface area contributed by atoms with Crippen LogP contribution >= 0.6 is 0 Å². The Morgan fingerprint density at radius 2 is 1.47 bits per heavy atom. The first kappa shape index (κ1) is 23.1. The van der Waals surface area contributed by atoms with E-state index >= 15 is 0 Å². The number of amides is 2. The van der Waals surface area contributed by atoms with Crippen LogP contribution in [0.25, 0.3) is 5.57 Å². The maximum atomic E-state index is 13.7. The van der Waals surface area contributed by atoms with Gasteiger partial charge >= 0.3 is 0 Å². The predicted molar refractivity (Wildman–Crippen MR) is 131 cm³/mol. The molecule has 174 valence electrons. The summed E-state index contributed by atoms with van der Waals surface area (Å²) in [6.07, 6.45) is 0. The Balaban J connectivity index is 1.76. The van der Waals surface area contributed by atoms with Gasteiger partial charge in [0, 0.05) is 13.6 Å². The van der Waals surface area contributed by atoms with E-state index in [0.29, 0.717) is 34.9 Å². The Bertz CT molecular complexity index is 1230. The van der Waals surface area contributed by atoms with Crippen LogP contribution in [0.3, 0.4) is 0 Å². The van der Waals surface area contributed by atoms with Gasteiger partial charge in [0.05, 0.1) is 26.3 Å². The Labute approximate surface area is 200 Å². The van der Waals surface area contributed by atoms with Crippen LogP contribution in [-0.4, -0.2) is 42.9 Å². The summed E-state index contributed by atoms with van der Waals surface area (Å²) in [4.78, 5) is 30.4. The zero-order chi connectivity index (χ0) is 24.2. The van der Waals surface area contributed by atoms with Crippen molar-refractivity contribution in [3.05, 3.63) is 101 Å². The third-order valence-electron chi connectivity index (χ3n) is 5.92. The minimum Gasteiger partial charge on any atom is -0.493 e. The Morgan fingerprint density at radius 1 is 0.794 bits per heavy atom. The lowest BCUT2D eigenvalue weighted by Crippen LogP contribution is -2.33. The van der Waals surface area contributed by atoms with Gasteiger partial charge in [0.2, 0.25) is 0 Å². The molecule has 0 unspecified atom stereocenters. The standard InChI is InChI=1S/C28H28N2O4/c1-19-10-12-21(13-11-19)18-30-27(31)25(22-14-15-23(33-3)24(16-22)34-4)26(28(30)32)29(2)17-20-8-6-5-7-9-20/h5-16H,17-18H2,1-4H3. The van der Waals surface area contributed by atoms with Gasteiger partial charge in [-0.3, -0.25) is 14.5 Å². The molecule has 2 amide bonds. The topological polar surface area (TPSA) is 59.1 Å². The van der Waals surface area contributed by atoms with E-state index in [1.165, 1.54) is 4.90 Å². The number of imide groups is 1. The molecular weight excluding hydrogens is 428 g/mol. The van der Waals surface area contributed by atoms with E-state index in [0.717, 1.165) is 16.7 Å². The van der Waals surface area contributed by atoms with Crippen molar-refractivity contribution in [2.75, 3.05) is 21.3 Å². The van der Waals surface area contributed by atoms with E-state index < -0.39 is 0 Å². The highest BCUT2D eigenvalue weighted by Crippen LogP contribution is 2.37. The first-order chi connectivity index (χ1) is 16.4. The van der Waals surface area contributed by atoms with Gasteiger partial charge in [0.1, 0.15) is 5.70 Å². The zero-order valence-electron chi connectivity index (χ0n) is 19.9. The molecule has 1 heterocycles. The number of likely N-dealkylation sites (N-methyl/N-ethyl adjacent to an activating group) is 1. The van der Waals surface area contributed by atoms with Crippen LogP contribution in [0.1, 0.15) is 22.3 Å². The third kappa shape index (κ3) is 4.53. The summed E-state index contributed by atoms with van der Waals surface area (Å²) in [5.41, 5.74) is 4.39. The quantitative estimate of drug-likeness (QED) is 0.470. The molecule has 1 aliphatic rings. The van der Waals surface area contributed by atoms with Crippen LogP contribution in [0, 0.1) is 6.92 Å². The van der Waals surface area contributed by atoms with Crippen molar-refractivity contribution < 1.29 is 19.1 Å². The maximum absolute atomic E-state index is 13.7. The summed E-state index contributed by atoms with van der Waals surface area (Å²) in [7, 11) is 4.94. The molecule has 1 aliphatic heterocycles. The predicted octanol–water partition coefficient (Wildman–Crippen LogP) is 4.42. The van der Waals surface area contributed by atoms with Crippen LogP contribution in [-0.2, 0) is 22.7 Å². The third-order valence-corrected chi connectivity index (χ3v) is 5.92. The SMILES string of the molecule is COc1ccc(C2=C(N(C)Cc3ccccc3)C(=O)N(Cc3ccc(C)cc3)C2=O)cc1OC.